The second-order valence-electron chi connectivity index (χ2n) is 3.83. The third-order valence-corrected chi connectivity index (χ3v) is 3.03. The number of hydrogen-bond acceptors (Lipinski definition) is 2. The summed E-state index contributed by atoms with van der Waals surface area (Å²) >= 11 is 5.77. The first-order chi connectivity index (χ1) is 8.59. The molecule has 1 N–H and O–H groups in total. The lowest BCUT2D eigenvalue weighted by molar-refractivity contribution is 0.173. The van der Waals surface area contributed by atoms with Crippen molar-refractivity contribution < 1.29 is 13.9 Å². The Kier molecular flexibility index (Phi) is 3.89. The number of rotatable bonds is 3. The molecule has 1 atom stereocenters. The number of nitrogens with zero attached hydrogens (tertiary/aromatic N) is 1. The van der Waals surface area contributed by atoms with Crippen LogP contribution in [0.4, 0.5) is 8.78 Å². The molecule has 0 fully saturated rings. The van der Waals surface area contributed by atoms with Crippen molar-refractivity contribution in [1.82, 2.24) is 4.98 Å². The Labute approximate surface area is 108 Å². The standard InChI is InChI=1S/C13H10ClF2NO/c14-13-8(2-1-3-10(13)15)6-12(18)9-4-5-17-7-11(9)16/h1-5,7,12,18H,6H2. The third-order valence-electron chi connectivity index (χ3n) is 2.61. The van der Waals surface area contributed by atoms with Gasteiger partial charge in [-0.15, -0.1) is 0 Å². The number of benzene rings is 1. The molecule has 0 aliphatic rings. The Balaban J connectivity index is 2.24. The average molecular weight is 270 g/mol. The summed E-state index contributed by atoms with van der Waals surface area (Å²) in [7, 11) is 0. The molecule has 0 saturated heterocycles. The van der Waals surface area contributed by atoms with Gasteiger partial charge in [-0.25, -0.2) is 8.78 Å². The monoisotopic (exact) mass is 269 g/mol. The average Bonchev–Trinajstić information content (AvgIpc) is 2.35. The second kappa shape index (κ2) is 5.42. The van der Waals surface area contributed by atoms with Gasteiger partial charge >= 0.3 is 0 Å². The van der Waals surface area contributed by atoms with Gasteiger partial charge in [-0.3, -0.25) is 4.98 Å². The van der Waals surface area contributed by atoms with Crippen LogP contribution in [-0.2, 0) is 6.42 Å². The van der Waals surface area contributed by atoms with E-state index in [2.05, 4.69) is 4.98 Å². The van der Waals surface area contributed by atoms with Crippen LogP contribution >= 0.6 is 11.6 Å². The third kappa shape index (κ3) is 2.66. The molecule has 2 rings (SSSR count). The van der Waals surface area contributed by atoms with E-state index in [0.29, 0.717) is 5.56 Å². The molecule has 0 amide bonds. The van der Waals surface area contributed by atoms with Crippen molar-refractivity contribution in [2.45, 2.75) is 12.5 Å². The number of aliphatic hydroxyl groups is 1. The first-order valence-corrected chi connectivity index (χ1v) is 5.67. The van der Waals surface area contributed by atoms with Crippen LogP contribution in [0.2, 0.25) is 5.02 Å². The van der Waals surface area contributed by atoms with Crippen molar-refractivity contribution in [3.63, 3.8) is 0 Å². The molecule has 1 heterocycles. The van der Waals surface area contributed by atoms with Crippen molar-refractivity contribution in [3.05, 3.63) is 64.4 Å². The molecule has 1 unspecified atom stereocenters. The highest BCUT2D eigenvalue weighted by Gasteiger charge is 2.16. The summed E-state index contributed by atoms with van der Waals surface area (Å²) in [6.45, 7) is 0. The van der Waals surface area contributed by atoms with Gasteiger partial charge in [-0.05, 0) is 17.7 Å². The van der Waals surface area contributed by atoms with Crippen molar-refractivity contribution in [2.75, 3.05) is 0 Å². The maximum absolute atomic E-state index is 13.4. The van der Waals surface area contributed by atoms with Crippen LogP contribution in [0.5, 0.6) is 0 Å². The van der Waals surface area contributed by atoms with Crippen LogP contribution in [0.3, 0.4) is 0 Å². The molecular weight excluding hydrogens is 260 g/mol. The van der Waals surface area contributed by atoms with Crippen LogP contribution in [0.15, 0.2) is 36.7 Å². The zero-order valence-corrected chi connectivity index (χ0v) is 10.0. The van der Waals surface area contributed by atoms with E-state index in [1.807, 2.05) is 0 Å². The van der Waals surface area contributed by atoms with Gasteiger partial charge in [-0.2, -0.15) is 0 Å². The fourth-order valence-corrected chi connectivity index (χ4v) is 1.88. The summed E-state index contributed by atoms with van der Waals surface area (Å²) in [6, 6.07) is 5.69. The lowest BCUT2D eigenvalue weighted by Gasteiger charge is -2.12. The Morgan fingerprint density at radius 2 is 2.00 bits per heavy atom. The molecule has 94 valence electrons. The predicted molar refractivity (Wildman–Crippen MR) is 64.3 cm³/mol. The summed E-state index contributed by atoms with van der Waals surface area (Å²) in [5, 5.41) is 9.87. The molecule has 5 heteroatoms. The van der Waals surface area contributed by atoms with Crippen molar-refractivity contribution in [3.8, 4) is 0 Å². The fraction of sp³-hybridized carbons (Fsp3) is 0.154. The van der Waals surface area contributed by atoms with E-state index in [4.69, 9.17) is 11.6 Å². The van der Waals surface area contributed by atoms with Gasteiger partial charge in [-0.1, -0.05) is 23.7 Å². The molecule has 0 bridgehead atoms. The molecule has 1 aromatic heterocycles. The van der Waals surface area contributed by atoms with Gasteiger partial charge < -0.3 is 5.11 Å². The Morgan fingerprint density at radius 3 is 2.72 bits per heavy atom. The molecule has 2 nitrogen and oxygen atoms in total. The molecular formula is C13H10ClF2NO. The lowest BCUT2D eigenvalue weighted by Crippen LogP contribution is -2.05. The van der Waals surface area contributed by atoms with Crippen molar-refractivity contribution in [1.29, 1.82) is 0 Å². The van der Waals surface area contributed by atoms with E-state index in [1.165, 1.54) is 24.4 Å². The number of hydrogen-bond donors (Lipinski definition) is 1. The molecule has 0 spiro atoms. The Bertz CT molecular complexity index is 562. The summed E-state index contributed by atoms with van der Waals surface area (Å²) < 4.78 is 26.6. The van der Waals surface area contributed by atoms with Gasteiger partial charge in [0.2, 0.25) is 0 Å². The van der Waals surface area contributed by atoms with Crippen LogP contribution in [0.25, 0.3) is 0 Å². The van der Waals surface area contributed by atoms with Gasteiger partial charge in [0.15, 0.2) is 0 Å². The van der Waals surface area contributed by atoms with Crippen LogP contribution < -0.4 is 0 Å². The zero-order chi connectivity index (χ0) is 13.1. The van der Waals surface area contributed by atoms with E-state index < -0.39 is 17.7 Å². The molecule has 18 heavy (non-hydrogen) atoms. The van der Waals surface area contributed by atoms with Crippen LogP contribution in [0.1, 0.15) is 17.2 Å². The van der Waals surface area contributed by atoms with Crippen LogP contribution in [-0.4, -0.2) is 10.1 Å². The summed E-state index contributed by atoms with van der Waals surface area (Å²) in [6.07, 6.45) is 1.35. The first-order valence-electron chi connectivity index (χ1n) is 5.30. The molecule has 0 radical (unpaired) electrons. The molecule has 0 saturated carbocycles. The molecule has 0 aliphatic carbocycles. The maximum atomic E-state index is 13.4. The fourth-order valence-electron chi connectivity index (χ4n) is 1.68. The van der Waals surface area contributed by atoms with E-state index >= 15 is 0 Å². The van der Waals surface area contributed by atoms with Crippen molar-refractivity contribution in [2.24, 2.45) is 0 Å². The number of pyridine rings is 1. The normalized spacial score (nSPS) is 12.4. The second-order valence-corrected chi connectivity index (χ2v) is 4.21. The highest BCUT2D eigenvalue weighted by molar-refractivity contribution is 6.31. The maximum Gasteiger partial charge on any atom is 0.147 e. The minimum Gasteiger partial charge on any atom is -0.388 e. The smallest absolute Gasteiger partial charge is 0.147 e. The minimum absolute atomic E-state index is 0.0392. The lowest BCUT2D eigenvalue weighted by atomic mass is 10.0. The summed E-state index contributed by atoms with van der Waals surface area (Å²) in [4.78, 5) is 3.59. The Hall–Kier alpha value is -1.52. The molecule has 2 aromatic rings. The number of halogens is 3. The predicted octanol–water partition coefficient (Wildman–Crippen LogP) is 3.29. The molecule has 0 aliphatic heterocycles. The number of aliphatic hydroxyl groups excluding tert-OH is 1. The van der Waals surface area contributed by atoms with E-state index in [9.17, 15) is 13.9 Å². The van der Waals surface area contributed by atoms with Gasteiger partial charge in [0.05, 0.1) is 17.3 Å². The molecule has 1 aromatic carbocycles. The summed E-state index contributed by atoms with van der Waals surface area (Å²) in [5.41, 5.74) is 0.547. The highest BCUT2D eigenvalue weighted by atomic mass is 35.5. The van der Waals surface area contributed by atoms with E-state index in [0.717, 1.165) is 6.20 Å². The van der Waals surface area contributed by atoms with E-state index in [1.54, 1.807) is 6.07 Å². The summed E-state index contributed by atoms with van der Waals surface area (Å²) in [5.74, 6) is -1.16. The van der Waals surface area contributed by atoms with E-state index in [-0.39, 0.29) is 17.0 Å². The quantitative estimate of drug-likeness (QED) is 0.927. The van der Waals surface area contributed by atoms with Crippen LogP contribution in [0, 0.1) is 11.6 Å². The number of aromatic nitrogens is 1. The van der Waals surface area contributed by atoms with Gasteiger partial charge in [0, 0.05) is 18.2 Å². The van der Waals surface area contributed by atoms with Gasteiger partial charge in [0.25, 0.3) is 0 Å². The Morgan fingerprint density at radius 1 is 1.22 bits per heavy atom. The largest absolute Gasteiger partial charge is 0.388 e. The topological polar surface area (TPSA) is 33.1 Å². The zero-order valence-electron chi connectivity index (χ0n) is 9.28. The first kappa shape index (κ1) is 12.9. The van der Waals surface area contributed by atoms with Gasteiger partial charge in [0.1, 0.15) is 11.6 Å². The minimum atomic E-state index is -1.09. The highest BCUT2D eigenvalue weighted by Crippen LogP contribution is 2.26. The SMILES string of the molecule is OC(Cc1cccc(F)c1Cl)c1ccncc1F. The van der Waals surface area contributed by atoms with Crippen molar-refractivity contribution >= 4 is 11.6 Å².